The van der Waals surface area contributed by atoms with E-state index in [2.05, 4.69) is 12.2 Å². The van der Waals surface area contributed by atoms with Crippen molar-refractivity contribution in [2.75, 3.05) is 5.32 Å². The predicted molar refractivity (Wildman–Crippen MR) is 77.6 cm³/mol. The second-order valence-electron chi connectivity index (χ2n) is 5.07. The number of carbonyl (C=O) groups is 1. The molecule has 0 aromatic heterocycles. The number of benzene rings is 1. The third kappa shape index (κ3) is 2.77. The van der Waals surface area contributed by atoms with Gasteiger partial charge in [-0.1, -0.05) is 38.3 Å². The molecule has 1 aliphatic heterocycles. The lowest BCUT2D eigenvalue weighted by Gasteiger charge is -2.15. The predicted octanol–water partition coefficient (Wildman–Crippen LogP) is 4.01. The van der Waals surface area contributed by atoms with E-state index in [-0.39, 0.29) is 11.8 Å². The van der Waals surface area contributed by atoms with Crippen molar-refractivity contribution >= 4 is 23.2 Å². The Morgan fingerprint density at radius 1 is 1.42 bits per heavy atom. The summed E-state index contributed by atoms with van der Waals surface area (Å²) in [6.07, 6.45) is 2.85. The summed E-state index contributed by atoms with van der Waals surface area (Å²) in [6.45, 7) is 4.07. The maximum Gasteiger partial charge on any atom is 0.232 e. The zero-order valence-electron chi connectivity index (χ0n) is 11.4. The Bertz CT molecular complexity index is 487. The molecule has 0 bridgehead atoms. The standard InChI is InChI=1S/C15H20ClNO2/c1-3-5-6-13(18)12-8-9(16)7-11-10(4-2)15(19)17-14(11)12/h7-8,10,13,18H,3-6H2,1-2H3,(H,17,19). The van der Waals surface area contributed by atoms with Crippen LogP contribution in [-0.2, 0) is 4.79 Å². The quantitative estimate of drug-likeness (QED) is 0.857. The van der Waals surface area contributed by atoms with E-state index in [4.69, 9.17) is 11.6 Å². The zero-order valence-corrected chi connectivity index (χ0v) is 12.1. The number of hydrogen-bond donors (Lipinski definition) is 2. The summed E-state index contributed by atoms with van der Waals surface area (Å²) in [5.74, 6) is -0.144. The van der Waals surface area contributed by atoms with Gasteiger partial charge in [-0.05, 0) is 30.5 Å². The average molecular weight is 282 g/mol. The lowest BCUT2D eigenvalue weighted by Crippen LogP contribution is -2.11. The SMILES string of the molecule is CCCCC(O)c1cc(Cl)cc2c1NC(=O)C2CC. The topological polar surface area (TPSA) is 49.3 Å². The van der Waals surface area contributed by atoms with Crippen molar-refractivity contribution in [3.05, 3.63) is 28.3 Å². The Labute approximate surface area is 119 Å². The summed E-state index contributed by atoms with van der Waals surface area (Å²) < 4.78 is 0. The van der Waals surface area contributed by atoms with Crippen LogP contribution in [0.2, 0.25) is 5.02 Å². The number of nitrogens with one attached hydrogen (secondary N) is 1. The summed E-state index contributed by atoms with van der Waals surface area (Å²) in [6, 6.07) is 3.60. The van der Waals surface area contributed by atoms with Crippen LogP contribution in [0, 0.1) is 0 Å². The van der Waals surface area contributed by atoms with Crippen LogP contribution < -0.4 is 5.32 Å². The second-order valence-corrected chi connectivity index (χ2v) is 5.50. The highest BCUT2D eigenvalue weighted by atomic mass is 35.5. The molecule has 0 fully saturated rings. The van der Waals surface area contributed by atoms with Crippen LogP contribution >= 0.6 is 11.6 Å². The van der Waals surface area contributed by atoms with E-state index in [1.165, 1.54) is 0 Å². The van der Waals surface area contributed by atoms with Crippen molar-refractivity contribution in [2.24, 2.45) is 0 Å². The molecule has 2 atom stereocenters. The molecular weight excluding hydrogens is 262 g/mol. The van der Waals surface area contributed by atoms with E-state index in [1.807, 2.05) is 13.0 Å². The highest BCUT2D eigenvalue weighted by Crippen LogP contribution is 2.42. The van der Waals surface area contributed by atoms with Gasteiger partial charge in [0.25, 0.3) is 0 Å². The number of fused-ring (bicyclic) bond motifs is 1. The smallest absolute Gasteiger partial charge is 0.232 e. The van der Waals surface area contributed by atoms with E-state index in [1.54, 1.807) is 6.07 Å². The van der Waals surface area contributed by atoms with Crippen molar-refractivity contribution in [3.63, 3.8) is 0 Å². The van der Waals surface area contributed by atoms with Crippen LogP contribution in [0.25, 0.3) is 0 Å². The molecule has 0 saturated carbocycles. The number of hydrogen-bond acceptors (Lipinski definition) is 2. The van der Waals surface area contributed by atoms with Gasteiger partial charge >= 0.3 is 0 Å². The lowest BCUT2D eigenvalue weighted by molar-refractivity contribution is -0.117. The third-order valence-electron chi connectivity index (χ3n) is 3.70. The number of amides is 1. The van der Waals surface area contributed by atoms with Gasteiger partial charge in [0.05, 0.1) is 17.7 Å². The molecule has 0 spiro atoms. The van der Waals surface area contributed by atoms with Crippen LogP contribution in [0.15, 0.2) is 12.1 Å². The highest BCUT2D eigenvalue weighted by Gasteiger charge is 2.32. The van der Waals surface area contributed by atoms with Gasteiger partial charge < -0.3 is 10.4 Å². The van der Waals surface area contributed by atoms with Crippen LogP contribution in [0.5, 0.6) is 0 Å². The van der Waals surface area contributed by atoms with E-state index < -0.39 is 6.10 Å². The first-order chi connectivity index (χ1) is 9.08. The van der Waals surface area contributed by atoms with Gasteiger partial charge in [0, 0.05) is 10.6 Å². The summed E-state index contributed by atoms with van der Waals surface area (Å²) in [7, 11) is 0. The number of anilines is 1. The summed E-state index contributed by atoms with van der Waals surface area (Å²) in [5.41, 5.74) is 2.44. The first kappa shape index (κ1) is 14.4. The fourth-order valence-corrected chi connectivity index (χ4v) is 2.88. The molecule has 2 unspecified atom stereocenters. The van der Waals surface area contributed by atoms with Crippen molar-refractivity contribution < 1.29 is 9.90 Å². The largest absolute Gasteiger partial charge is 0.388 e. The number of aliphatic hydroxyl groups is 1. The average Bonchev–Trinajstić information content (AvgIpc) is 2.70. The number of halogens is 1. The molecule has 0 radical (unpaired) electrons. The summed E-state index contributed by atoms with van der Waals surface area (Å²) >= 11 is 6.13. The van der Waals surface area contributed by atoms with Crippen LogP contribution in [-0.4, -0.2) is 11.0 Å². The maximum absolute atomic E-state index is 11.9. The molecule has 2 rings (SSSR count). The van der Waals surface area contributed by atoms with Crippen molar-refractivity contribution in [2.45, 2.75) is 51.6 Å². The molecule has 3 nitrogen and oxygen atoms in total. The van der Waals surface area contributed by atoms with Crippen molar-refractivity contribution in [1.29, 1.82) is 0 Å². The Hall–Kier alpha value is -1.06. The second kappa shape index (κ2) is 5.93. The Morgan fingerprint density at radius 3 is 2.79 bits per heavy atom. The molecule has 1 amide bonds. The molecule has 2 N–H and O–H groups in total. The first-order valence-electron chi connectivity index (χ1n) is 6.90. The van der Waals surface area contributed by atoms with E-state index >= 15 is 0 Å². The molecule has 1 aliphatic rings. The minimum Gasteiger partial charge on any atom is -0.388 e. The molecule has 0 saturated heterocycles. The normalized spacial score (nSPS) is 19.2. The number of carbonyl (C=O) groups excluding carboxylic acids is 1. The first-order valence-corrected chi connectivity index (χ1v) is 7.28. The Balaban J connectivity index is 2.39. The van der Waals surface area contributed by atoms with E-state index in [0.717, 1.165) is 36.1 Å². The van der Waals surface area contributed by atoms with Gasteiger partial charge in [0.1, 0.15) is 0 Å². The summed E-state index contributed by atoms with van der Waals surface area (Å²) in [5, 5.41) is 13.8. The Morgan fingerprint density at radius 2 is 2.16 bits per heavy atom. The van der Waals surface area contributed by atoms with Crippen LogP contribution in [0.3, 0.4) is 0 Å². The molecule has 1 aromatic carbocycles. The third-order valence-corrected chi connectivity index (χ3v) is 3.92. The van der Waals surface area contributed by atoms with Gasteiger partial charge in [0.2, 0.25) is 5.91 Å². The fourth-order valence-electron chi connectivity index (χ4n) is 2.64. The number of rotatable bonds is 5. The van der Waals surface area contributed by atoms with Gasteiger partial charge in [-0.15, -0.1) is 0 Å². The molecule has 0 aliphatic carbocycles. The highest BCUT2D eigenvalue weighted by molar-refractivity contribution is 6.31. The maximum atomic E-state index is 11.9. The van der Waals surface area contributed by atoms with Gasteiger partial charge in [0.15, 0.2) is 0 Å². The molecule has 4 heteroatoms. The van der Waals surface area contributed by atoms with Gasteiger partial charge in [-0.2, -0.15) is 0 Å². The van der Waals surface area contributed by atoms with Crippen LogP contribution in [0.4, 0.5) is 5.69 Å². The van der Waals surface area contributed by atoms with Crippen molar-refractivity contribution in [1.82, 2.24) is 0 Å². The van der Waals surface area contributed by atoms with Crippen LogP contribution in [0.1, 0.15) is 62.7 Å². The van der Waals surface area contributed by atoms with E-state index in [9.17, 15) is 9.90 Å². The molecule has 104 valence electrons. The number of aliphatic hydroxyl groups excluding tert-OH is 1. The molecule has 19 heavy (non-hydrogen) atoms. The summed E-state index contributed by atoms with van der Waals surface area (Å²) in [4.78, 5) is 11.9. The Kier molecular flexibility index (Phi) is 4.48. The fraction of sp³-hybridized carbons (Fsp3) is 0.533. The minimum absolute atomic E-state index is 0.00343. The molecule has 1 aromatic rings. The zero-order chi connectivity index (χ0) is 14.0. The van der Waals surface area contributed by atoms with Gasteiger partial charge in [-0.25, -0.2) is 0 Å². The monoisotopic (exact) mass is 281 g/mol. The lowest BCUT2D eigenvalue weighted by atomic mass is 9.93. The van der Waals surface area contributed by atoms with Gasteiger partial charge in [-0.3, -0.25) is 4.79 Å². The van der Waals surface area contributed by atoms with Crippen molar-refractivity contribution in [3.8, 4) is 0 Å². The van der Waals surface area contributed by atoms with E-state index in [0.29, 0.717) is 11.4 Å². The number of unbranched alkanes of at least 4 members (excludes halogenated alkanes) is 1. The molecule has 1 heterocycles. The minimum atomic E-state index is -0.566. The molecular formula is C15H20ClNO2.